The summed E-state index contributed by atoms with van der Waals surface area (Å²) in [6.07, 6.45) is 3.95. The Bertz CT molecular complexity index is 652. The average molecular weight is 387 g/mol. The van der Waals surface area contributed by atoms with Gasteiger partial charge in [0, 0.05) is 18.9 Å². The molecule has 0 unspecified atom stereocenters. The molecule has 3 fully saturated rings. The van der Waals surface area contributed by atoms with E-state index in [1.165, 1.54) is 30.1 Å². The normalized spacial score (nSPS) is 24.1. The number of hydrogen-bond donors (Lipinski definition) is 0. The maximum atomic E-state index is 12.2. The van der Waals surface area contributed by atoms with E-state index in [0.717, 1.165) is 6.54 Å². The Morgan fingerprint density at radius 3 is 2.33 bits per heavy atom. The molecule has 3 aliphatic rings. The lowest BCUT2D eigenvalue weighted by molar-refractivity contribution is -0.0517. The van der Waals surface area contributed by atoms with E-state index in [9.17, 15) is 18.0 Å². The quantitative estimate of drug-likeness (QED) is 0.414. The van der Waals surface area contributed by atoms with Crippen LogP contribution in [-0.4, -0.2) is 59.1 Å². The number of amides is 1. The lowest BCUT2D eigenvalue weighted by Crippen LogP contribution is -2.41. The van der Waals surface area contributed by atoms with Crippen LogP contribution in [0.2, 0.25) is 0 Å². The molecule has 1 amide bonds. The van der Waals surface area contributed by atoms with Crippen LogP contribution in [0.25, 0.3) is 0 Å². The first-order valence-electron chi connectivity index (χ1n) is 7.10. The van der Waals surface area contributed by atoms with Crippen LogP contribution in [0.4, 0.5) is 13.2 Å². The van der Waals surface area contributed by atoms with E-state index in [1.54, 1.807) is 18.4 Å². The van der Waals surface area contributed by atoms with Crippen LogP contribution in [0.3, 0.4) is 0 Å². The van der Waals surface area contributed by atoms with Gasteiger partial charge in [-0.1, -0.05) is 0 Å². The average Bonchev–Trinajstić information content (AvgIpc) is 2.86. The maximum Gasteiger partial charge on any atom is 0.485 e. The number of fused-ring (bicyclic) bond motifs is 4. The Hall–Kier alpha value is -1.20. The Morgan fingerprint density at radius 1 is 1.29 bits per heavy atom. The third-order valence-electron chi connectivity index (χ3n) is 3.82. The fraction of sp³-hybridized carbons (Fsp3) is 0.615. The molecular formula is C13H16F3NO5S2. The molecule has 1 aromatic rings. The minimum atomic E-state index is -6.09. The molecule has 0 radical (unpaired) electrons. The van der Waals surface area contributed by atoms with Crippen molar-refractivity contribution in [1.82, 2.24) is 4.90 Å². The molecule has 4 heterocycles. The van der Waals surface area contributed by atoms with E-state index >= 15 is 0 Å². The molecule has 0 spiro atoms. The third kappa shape index (κ3) is 4.67. The van der Waals surface area contributed by atoms with Crippen molar-refractivity contribution in [3.63, 3.8) is 0 Å². The molecular weight excluding hydrogens is 371 g/mol. The molecule has 1 aromatic heterocycles. The molecule has 0 N–H and O–H groups in total. The zero-order valence-electron chi connectivity index (χ0n) is 12.5. The maximum absolute atomic E-state index is 12.2. The Kier molecular flexibility index (Phi) is 5.87. The molecule has 0 aromatic carbocycles. The fourth-order valence-corrected chi connectivity index (χ4v) is 4.86. The first-order chi connectivity index (χ1) is 11.1. The standard InChI is InChI=1S/C12H16NO2S.CHF3O3S/c14-12(11-2-1-6-15-11)13-5-9-16-7-3-10(13)4-8-16;2-1(3,4)8(5,6)7/h1-2,6,10H,3-5,7-9H2;(H,5,6,7)/q+1;/p-1. The van der Waals surface area contributed by atoms with E-state index in [0.29, 0.717) is 22.7 Å². The summed E-state index contributed by atoms with van der Waals surface area (Å²) in [7, 11) is -5.50. The van der Waals surface area contributed by atoms with Crippen LogP contribution in [0.1, 0.15) is 23.4 Å². The summed E-state index contributed by atoms with van der Waals surface area (Å²) in [6, 6.07) is 4.01. The molecule has 24 heavy (non-hydrogen) atoms. The van der Waals surface area contributed by atoms with Gasteiger partial charge in [-0.25, -0.2) is 8.42 Å². The topological polar surface area (TPSA) is 90.7 Å². The number of carbonyl (C=O) groups excluding carboxylic acids is 1. The van der Waals surface area contributed by atoms with Crippen LogP contribution < -0.4 is 0 Å². The molecule has 0 saturated carbocycles. The second-order valence-corrected chi connectivity index (χ2v) is 9.15. The summed E-state index contributed by atoms with van der Waals surface area (Å²) >= 11 is 0. The number of hydrogen-bond acceptors (Lipinski definition) is 5. The second kappa shape index (κ2) is 7.36. The number of alkyl halides is 3. The monoisotopic (exact) mass is 387 g/mol. The van der Waals surface area contributed by atoms with Gasteiger partial charge in [0.2, 0.25) is 0 Å². The van der Waals surface area contributed by atoms with Gasteiger partial charge < -0.3 is 13.9 Å². The van der Waals surface area contributed by atoms with Gasteiger partial charge in [-0.3, -0.25) is 4.79 Å². The lowest BCUT2D eigenvalue weighted by atomic mass is 10.1. The van der Waals surface area contributed by atoms with Gasteiger partial charge >= 0.3 is 5.51 Å². The summed E-state index contributed by atoms with van der Waals surface area (Å²) in [5.74, 6) is 4.43. The molecule has 4 rings (SSSR count). The van der Waals surface area contributed by atoms with Crippen molar-refractivity contribution in [2.45, 2.75) is 24.4 Å². The second-order valence-electron chi connectivity index (χ2n) is 5.33. The van der Waals surface area contributed by atoms with E-state index in [1.807, 2.05) is 4.90 Å². The number of halogens is 3. The minimum Gasteiger partial charge on any atom is -0.741 e. The van der Waals surface area contributed by atoms with Crippen molar-refractivity contribution in [3.8, 4) is 0 Å². The summed E-state index contributed by atoms with van der Waals surface area (Å²) in [6.45, 7) is 0.924. The van der Waals surface area contributed by atoms with Crippen molar-refractivity contribution in [1.29, 1.82) is 0 Å². The third-order valence-corrected chi connectivity index (χ3v) is 6.77. The Morgan fingerprint density at radius 2 is 1.88 bits per heavy atom. The summed E-state index contributed by atoms with van der Waals surface area (Å²) in [5, 5.41) is 0. The minimum absolute atomic E-state index is 0.0855. The molecule has 3 aliphatic heterocycles. The zero-order valence-corrected chi connectivity index (χ0v) is 14.1. The van der Waals surface area contributed by atoms with Crippen LogP contribution in [-0.2, 0) is 21.0 Å². The van der Waals surface area contributed by atoms with Crippen molar-refractivity contribution in [2.75, 3.05) is 23.8 Å². The predicted molar refractivity (Wildman–Crippen MR) is 80.5 cm³/mol. The van der Waals surface area contributed by atoms with E-state index in [2.05, 4.69) is 0 Å². The Balaban J connectivity index is 0.000000224. The highest BCUT2D eigenvalue weighted by Gasteiger charge is 2.39. The summed E-state index contributed by atoms with van der Waals surface area (Å²) < 4.78 is 64.1. The van der Waals surface area contributed by atoms with Gasteiger partial charge in [0.25, 0.3) is 5.91 Å². The first-order valence-corrected chi connectivity index (χ1v) is 10.2. The number of carbonyl (C=O) groups is 1. The van der Waals surface area contributed by atoms with Crippen molar-refractivity contribution >= 4 is 26.9 Å². The van der Waals surface area contributed by atoms with E-state index in [-0.39, 0.29) is 5.91 Å². The number of nitrogens with zero attached hydrogens (tertiary/aromatic N) is 1. The van der Waals surface area contributed by atoms with Gasteiger partial charge in [0.05, 0.1) is 12.8 Å². The lowest BCUT2D eigenvalue weighted by Gasteiger charge is -2.27. The molecule has 136 valence electrons. The zero-order chi connectivity index (χ0) is 18.0. The fourth-order valence-electron chi connectivity index (χ4n) is 2.59. The van der Waals surface area contributed by atoms with Crippen LogP contribution in [0.15, 0.2) is 22.8 Å². The highest BCUT2D eigenvalue weighted by molar-refractivity contribution is 7.96. The number of rotatable bonds is 1. The van der Waals surface area contributed by atoms with Gasteiger partial charge in [0.15, 0.2) is 15.9 Å². The van der Waals surface area contributed by atoms with Crippen molar-refractivity contribution in [3.05, 3.63) is 24.2 Å². The highest BCUT2D eigenvalue weighted by atomic mass is 32.2. The van der Waals surface area contributed by atoms with Gasteiger partial charge in [0.1, 0.15) is 17.3 Å². The van der Waals surface area contributed by atoms with E-state index in [4.69, 9.17) is 17.4 Å². The van der Waals surface area contributed by atoms with E-state index < -0.39 is 15.6 Å². The summed E-state index contributed by atoms with van der Waals surface area (Å²) in [4.78, 5) is 14.3. The van der Waals surface area contributed by atoms with Gasteiger partial charge in [-0.2, -0.15) is 13.2 Å². The Labute approximate surface area is 140 Å². The van der Waals surface area contributed by atoms with Gasteiger partial charge in [-0.15, -0.1) is 0 Å². The number of furan rings is 1. The molecule has 0 aliphatic carbocycles. The van der Waals surface area contributed by atoms with Crippen LogP contribution >= 0.6 is 0 Å². The van der Waals surface area contributed by atoms with Crippen molar-refractivity contribution < 1.29 is 35.4 Å². The molecule has 0 atom stereocenters. The van der Waals surface area contributed by atoms with Crippen molar-refractivity contribution in [2.24, 2.45) is 0 Å². The molecule has 3 saturated heterocycles. The first kappa shape index (κ1) is 19.1. The van der Waals surface area contributed by atoms with Gasteiger partial charge in [-0.05, 0) is 23.0 Å². The molecule has 11 heteroatoms. The van der Waals surface area contributed by atoms with Crippen LogP contribution in [0, 0.1) is 0 Å². The molecule has 2 bridgehead atoms. The SMILES string of the molecule is O=C(c1ccco1)N1CC[S+]2CCC1CC2.O=S(=O)([O-])C(F)(F)F. The highest BCUT2D eigenvalue weighted by Crippen LogP contribution is 2.25. The molecule has 6 nitrogen and oxygen atoms in total. The summed E-state index contributed by atoms with van der Waals surface area (Å²) in [5.41, 5.74) is -5.65. The predicted octanol–water partition coefficient (Wildman–Crippen LogP) is 1.57. The smallest absolute Gasteiger partial charge is 0.485 e. The largest absolute Gasteiger partial charge is 0.741 e. The van der Waals surface area contributed by atoms with Crippen LogP contribution in [0.5, 0.6) is 0 Å².